The molecule has 33 heavy (non-hydrogen) atoms. The van der Waals surface area contributed by atoms with Crippen molar-refractivity contribution < 1.29 is 28.8 Å². The van der Waals surface area contributed by atoms with Gasteiger partial charge in [-0.3, -0.25) is 14.9 Å². The first-order valence-electron chi connectivity index (χ1n) is 9.80. The fraction of sp³-hybridized carbons (Fsp3) is 0.524. The fourth-order valence-corrected chi connectivity index (χ4v) is 2.74. The summed E-state index contributed by atoms with van der Waals surface area (Å²) in [6.07, 6.45) is -1.78. The largest absolute Gasteiger partial charge is 0.457 e. The van der Waals surface area contributed by atoms with Crippen LogP contribution in [-0.2, 0) is 30.3 Å². The van der Waals surface area contributed by atoms with Crippen LogP contribution in [0.3, 0.4) is 0 Å². The molecule has 180 valence electrons. The number of nitriles is 1. The molecule has 0 aliphatic rings. The number of halogens is 2. The number of rotatable bonds is 9. The maximum atomic E-state index is 13.0. The van der Waals surface area contributed by atoms with E-state index in [0.717, 1.165) is 0 Å². The molecule has 10 nitrogen and oxygen atoms in total. The number of hydrogen-bond acceptors (Lipinski definition) is 8. The number of ether oxygens (including phenoxy) is 2. The number of benzene rings is 1. The van der Waals surface area contributed by atoms with Crippen LogP contribution in [0, 0.1) is 27.4 Å². The van der Waals surface area contributed by atoms with Gasteiger partial charge in [-0.25, -0.2) is 9.59 Å². The van der Waals surface area contributed by atoms with Gasteiger partial charge in [-0.2, -0.15) is 5.26 Å². The van der Waals surface area contributed by atoms with E-state index in [4.69, 9.17) is 32.7 Å². The number of nitrogens with zero attached hydrogens (tertiary/aromatic N) is 2. The number of esters is 2. The molecule has 0 saturated heterocycles. The Morgan fingerprint density at radius 3 is 2.12 bits per heavy atom. The Hall–Kier alpha value is -2.90. The van der Waals surface area contributed by atoms with E-state index >= 15 is 0 Å². The number of nitrogens with one attached hydrogen (secondary N) is 1. The van der Waals surface area contributed by atoms with Crippen molar-refractivity contribution in [1.82, 2.24) is 5.32 Å². The van der Waals surface area contributed by atoms with E-state index in [1.54, 1.807) is 40.7 Å². The molecular formula is C21H25Cl2N3O7. The molecule has 1 N–H and O–H groups in total. The van der Waals surface area contributed by atoms with E-state index < -0.39 is 50.8 Å². The van der Waals surface area contributed by atoms with Gasteiger partial charge in [0.25, 0.3) is 11.6 Å². The number of carbonyl (C=O) groups is 3. The summed E-state index contributed by atoms with van der Waals surface area (Å²) in [5.74, 6) is -3.62. The molecule has 1 aromatic carbocycles. The average molecular weight is 502 g/mol. The maximum Gasteiger partial charge on any atom is 0.347 e. The lowest BCUT2D eigenvalue weighted by molar-refractivity contribution is -0.384. The van der Waals surface area contributed by atoms with Gasteiger partial charge in [0.15, 0.2) is 6.10 Å². The van der Waals surface area contributed by atoms with Gasteiger partial charge in [-0.15, -0.1) is 0 Å². The Kier molecular flexibility index (Phi) is 9.63. The van der Waals surface area contributed by atoms with Crippen LogP contribution in [0.2, 0.25) is 0 Å². The molecule has 2 unspecified atom stereocenters. The van der Waals surface area contributed by atoms with Crippen molar-refractivity contribution in [2.24, 2.45) is 5.92 Å². The van der Waals surface area contributed by atoms with Crippen molar-refractivity contribution >= 4 is 46.7 Å². The number of nitro groups is 1. The van der Waals surface area contributed by atoms with Crippen LogP contribution in [-0.4, -0.2) is 44.8 Å². The Labute approximate surface area is 201 Å². The van der Waals surface area contributed by atoms with Crippen molar-refractivity contribution in [3.63, 3.8) is 0 Å². The van der Waals surface area contributed by atoms with Crippen molar-refractivity contribution in [2.45, 2.75) is 63.1 Å². The van der Waals surface area contributed by atoms with Gasteiger partial charge in [0.05, 0.1) is 4.92 Å². The minimum Gasteiger partial charge on any atom is -0.457 e. The Morgan fingerprint density at radius 1 is 1.18 bits per heavy atom. The van der Waals surface area contributed by atoms with Gasteiger partial charge in [0.1, 0.15) is 11.7 Å². The van der Waals surface area contributed by atoms with Gasteiger partial charge < -0.3 is 14.8 Å². The quantitative estimate of drug-likeness (QED) is 0.234. The Balaban J connectivity index is 3.36. The Morgan fingerprint density at radius 2 is 1.73 bits per heavy atom. The highest BCUT2D eigenvalue weighted by atomic mass is 35.5. The molecule has 0 spiro atoms. The van der Waals surface area contributed by atoms with Crippen LogP contribution >= 0.6 is 23.2 Å². The second kappa shape index (κ2) is 11.3. The summed E-state index contributed by atoms with van der Waals surface area (Å²) in [5.41, 5.74) is -3.06. The van der Waals surface area contributed by atoms with E-state index in [1.165, 1.54) is 24.3 Å². The molecule has 0 aromatic heterocycles. The molecule has 0 aliphatic heterocycles. The normalized spacial score (nSPS) is 14.1. The second-order valence-electron chi connectivity index (χ2n) is 8.51. The zero-order chi connectivity index (χ0) is 25.6. The number of non-ortho nitro benzene ring substituents is 1. The molecule has 0 bridgehead atoms. The van der Waals surface area contributed by atoms with Crippen molar-refractivity contribution in [1.29, 1.82) is 5.26 Å². The molecule has 1 rings (SSSR count). The van der Waals surface area contributed by atoms with Crippen LogP contribution in [0.25, 0.3) is 0 Å². The van der Waals surface area contributed by atoms with E-state index in [-0.39, 0.29) is 12.1 Å². The molecule has 0 saturated carbocycles. The lowest BCUT2D eigenvalue weighted by atomic mass is 9.90. The van der Waals surface area contributed by atoms with E-state index in [9.17, 15) is 29.8 Å². The van der Waals surface area contributed by atoms with Crippen molar-refractivity contribution in [3.05, 3.63) is 39.9 Å². The zero-order valence-corrected chi connectivity index (χ0v) is 20.3. The lowest BCUT2D eigenvalue weighted by Crippen LogP contribution is -2.60. The standard InChI is InChI=1S/C21H25Cl2N3O7/c1-12(2)15(32-18(28)16(22)23)17(27)25-21(11-24,19(29)33-20(3,4)5)10-13-6-8-14(9-7-13)26(30)31/h6-9,12,15-16H,10H2,1-5H3,(H,25,27). The van der Waals surface area contributed by atoms with Gasteiger partial charge in [0, 0.05) is 18.6 Å². The van der Waals surface area contributed by atoms with E-state index in [2.05, 4.69) is 5.32 Å². The molecule has 2 atom stereocenters. The van der Waals surface area contributed by atoms with Crippen molar-refractivity contribution in [2.75, 3.05) is 0 Å². The van der Waals surface area contributed by atoms with Gasteiger partial charge in [-0.05, 0) is 32.3 Å². The summed E-state index contributed by atoms with van der Waals surface area (Å²) >= 11 is 11.0. The van der Waals surface area contributed by atoms with Crippen LogP contribution in [0.4, 0.5) is 5.69 Å². The first-order chi connectivity index (χ1) is 15.1. The predicted octanol–water partition coefficient (Wildman–Crippen LogP) is 3.23. The average Bonchev–Trinajstić information content (AvgIpc) is 2.69. The van der Waals surface area contributed by atoms with Crippen LogP contribution in [0.5, 0.6) is 0 Å². The first-order valence-corrected chi connectivity index (χ1v) is 10.7. The summed E-state index contributed by atoms with van der Waals surface area (Å²) in [6.45, 7) is 7.90. The molecule has 0 heterocycles. The summed E-state index contributed by atoms with van der Waals surface area (Å²) < 4.78 is 10.4. The maximum absolute atomic E-state index is 13.0. The number of nitro benzene ring substituents is 1. The van der Waals surface area contributed by atoms with Crippen molar-refractivity contribution in [3.8, 4) is 6.07 Å². The first kappa shape index (κ1) is 28.1. The summed E-state index contributed by atoms with van der Waals surface area (Å²) in [4.78, 5) is 46.6. The van der Waals surface area contributed by atoms with Crippen LogP contribution in [0.15, 0.2) is 24.3 Å². The highest BCUT2D eigenvalue weighted by molar-refractivity contribution is 6.52. The number of hydrogen-bond donors (Lipinski definition) is 1. The topological polar surface area (TPSA) is 149 Å². The number of amides is 1. The van der Waals surface area contributed by atoms with E-state index in [0.29, 0.717) is 5.56 Å². The minimum absolute atomic E-state index is 0.189. The predicted molar refractivity (Wildman–Crippen MR) is 119 cm³/mol. The third-order valence-electron chi connectivity index (χ3n) is 4.18. The number of alkyl halides is 2. The summed E-state index contributed by atoms with van der Waals surface area (Å²) in [6, 6.07) is 6.90. The molecule has 0 fully saturated rings. The monoisotopic (exact) mass is 501 g/mol. The molecule has 0 aliphatic carbocycles. The Bertz CT molecular complexity index is 937. The number of carbonyl (C=O) groups excluding carboxylic acids is 3. The summed E-state index contributed by atoms with van der Waals surface area (Å²) in [5, 5.41) is 23.2. The fourth-order valence-electron chi connectivity index (χ4n) is 2.64. The zero-order valence-electron chi connectivity index (χ0n) is 18.8. The third kappa shape index (κ3) is 8.18. The lowest BCUT2D eigenvalue weighted by Gasteiger charge is -2.32. The smallest absolute Gasteiger partial charge is 0.347 e. The van der Waals surface area contributed by atoms with Crippen LogP contribution in [0.1, 0.15) is 40.2 Å². The highest BCUT2D eigenvalue weighted by Gasteiger charge is 2.46. The molecule has 0 radical (unpaired) electrons. The summed E-state index contributed by atoms with van der Waals surface area (Å²) in [7, 11) is 0. The molecular weight excluding hydrogens is 477 g/mol. The SMILES string of the molecule is CC(C)C(OC(=O)C(Cl)Cl)C(=O)NC(C#N)(Cc1ccc([N+](=O)[O-])cc1)C(=O)OC(C)(C)C. The minimum atomic E-state index is -2.22. The van der Waals surface area contributed by atoms with Gasteiger partial charge in [-0.1, -0.05) is 49.2 Å². The third-order valence-corrected chi connectivity index (χ3v) is 4.53. The van der Waals surface area contributed by atoms with Crippen LogP contribution < -0.4 is 5.32 Å². The van der Waals surface area contributed by atoms with Gasteiger partial charge in [0.2, 0.25) is 10.4 Å². The highest BCUT2D eigenvalue weighted by Crippen LogP contribution is 2.23. The molecule has 12 heteroatoms. The second-order valence-corrected chi connectivity index (χ2v) is 9.61. The molecule has 1 aromatic rings. The molecule has 1 amide bonds. The van der Waals surface area contributed by atoms with E-state index in [1.807, 2.05) is 0 Å². The van der Waals surface area contributed by atoms with Gasteiger partial charge >= 0.3 is 11.9 Å².